The van der Waals surface area contributed by atoms with E-state index >= 15 is 0 Å². The first kappa shape index (κ1) is 14.7. The number of nitrogens with two attached hydrogens (primary N) is 1. The molecule has 1 heterocycles. The van der Waals surface area contributed by atoms with Crippen LogP contribution in [0.4, 0.5) is 0 Å². The highest BCUT2D eigenvalue weighted by Crippen LogP contribution is 2.29. The third-order valence-electron chi connectivity index (χ3n) is 3.15. The fourth-order valence-corrected chi connectivity index (χ4v) is 2.95. The minimum atomic E-state index is 0.0989. The number of hydrazine groups is 1. The summed E-state index contributed by atoms with van der Waals surface area (Å²) in [4.78, 5) is 0. The number of halogens is 2. The summed E-state index contributed by atoms with van der Waals surface area (Å²) >= 11 is 7.06. The van der Waals surface area contributed by atoms with Crippen LogP contribution in [0.1, 0.15) is 23.7 Å². The SMILES string of the molecule is Cn1nccc1CCC(NN)c1cc(Br)ccc1Br. The van der Waals surface area contributed by atoms with Crippen LogP contribution in [0.25, 0.3) is 0 Å². The van der Waals surface area contributed by atoms with Gasteiger partial charge in [0.2, 0.25) is 0 Å². The van der Waals surface area contributed by atoms with Gasteiger partial charge in [0.05, 0.1) is 0 Å². The topological polar surface area (TPSA) is 55.9 Å². The van der Waals surface area contributed by atoms with Crippen LogP contribution in [0.15, 0.2) is 39.4 Å². The van der Waals surface area contributed by atoms with Crippen LogP contribution < -0.4 is 11.3 Å². The van der Waals surface area contributed by atoms with Crippen molar-refractivity contribution < 1.29 is 0 Å². The normalized spacial score (nSPS) is 12.6. The van der Waals surface area contributed by atoms with E-state index in [-0.39, 0.29) is 6.04 Å². The minimum Gasteiger partial charge on any atom is -0.273 e. The molecule has 6 heteroatoms. The fourth-order valence-electron chi connectivity index (χ4n) is 2.05. The van der Waals surface area contributed by atoms with Crippen molar-refractivity contribution >= 4 is 31.9 Å². The van der Waals surface area contributed by atoms with Gasteiger partial charge in [0.25, 0.3) is 0 Å². The Morgan fingerprint density at radius 3 is 2.79 bits per heavy atom. The van der Waals surface area contributed by atoms with Crippen molar-refractivity contribution in [1.29, 1.82) is 0 Å². The van der Waals surface area contributed by atoms with Gasteiger partial charge in [-0.3, -0.25) is 16.0 Å². The standard InChI is InChI=1S/C13H16Br2N4/c1-19-10(6-7-17-19)3-5-13(18-16)11-8-9(14)2-4-12(11)15/h2,4,6-8,13,18H,3,5,16H2,1H3. The second-order valence-electron chi connectivity index (χ2n) is 4.37. The summed E-state index contributed by atoms with van der Waals surface area (Å²) in [5.41, 5.74) is 5.24. The maximum atomic E-state index is 5.69. The van der Waals surface area contributed by atoms with Crippen molar-refractivity contribution in [2.24, 2.45) is 12.9 Å². The lowest BCUT2D eigenvalue weighted by Gasteiger charge is -2.18. The molecule has 1 unspecified atom stereocenters. The van der Waals surface area contributed by atoms with Crippen LogP contribution in [0.5, 0.6) is 0 Å². The minimum absolute atomic E-state index is 0.0989. The number of aromatic nitrogens is 2. The number of rotatable bonds is 5. The van der Waals surface area contributed by atoms with E-state index < -0.39 is 0 Å². The molecule has 102 valence electrons. The second-order valence-corrected chi connectivity index (χ2v) is 6.14. The zero-order chi connectivity index (χ0) is 13.8. The molecule has 4 nitrogen and oxygen atoms in total. The van der Waals surface area contributed by atoms with Gasteiger partial charge in [0.15, 0.2) is 0 Å². The van der Waals surface area contributed by atoms with Crippen molar-refractivity contribution in [1.82, 2.24) is 15.2 Å². The van der Waals surface area contributed by atoms with E-state index in [1.165, 1.54) is 5.69 Å². The molecule has 1 atom stereocenters. The molecule has 0 aliphatic carbocycles. The molecule has 0 radical (unpaired) electrons. The van der Waals surface area contributed by atoms with Gasteiger partial charge in [0, 0.05) is 33.9 Å². The van der Waals surface area contributed by atoms with E-state index in [0.717, 1.165) is 27.4 Å². The Labute approximate surface area is 129 Å². The van der Waals surface area contributed by atoms with Crippen LogP contribution in [0.2, 0.25) is 0 Å². The van der Waals surface area contributed by atoms with Crippen molar-refractivity contribution in [2.45, 2.75) is 18.9 Å². The highest BCUT2D eigenvalue weighted by molar-refractivity contribution is 9.11. The Kier molecular flexibility index (Phi) is 5.15. The molecular formula is C13H16Br2N4. The van der Waals surface area contributed by atoms with Crippen LogP contribution >= 0.6 is 31.9 Å². The van der Waals surface area contributed by atoms with Gasteiger partial charge in [-0.05, 0) is 42.7 Å². The molecule has 2 aromatic rings. The summed E-state index contributed by atoms with van der Waals surface area (Å²) in [6, 6.07) is 8.24. The number of nitrogens with zero attached hydrogens (tertiary/aromatic N) is 2. The van der Waals surface area contributed by atoms with Crippen LogP contribution in [0.3, 0.4) is 0 Å². The lowest BCUT2D eigenvalue weighted by Crippen LogP contribution is -2.28. The van der Waals surface area contributed by atoms with E-state index in [1.807, 2.05) is 36.1 Å². The number of nitrogens with one attached hydrogen (secondary N) is 1. The van der Waals surface area contributed by atoms with Gasteiger partial charge in [-0.15, -0.1) is 0 Å². The Morgan fingerprint density at radius 1 is 1.37 bits per heavy atom. The largest absolute Gasteiger partial charge is 0.273 e. The predicted molar refractivity (Wildman–Crippen MR) is 83.4 cm³/mol. The zero-order valence-electron chi connectivity index (χ0n) is 10.6. The van der Waals surface area contributed by atoms with Crippen molar-refractivity contribution in [3.05, 3.63) is 50.7 Å². The third-order valence-corrected chi connectivity index (χ3v) is 4.36. The van der Waals surface area contributed by atoms with Gasteiger partial charge >= 0.3 is 0 Å². The van der Waals surface area contributed by atoms with E-state index in [2.05, 4.69) is 48.5 Å². The maximum absolute atomic E-state index is 5.69. The van der Waals surface area contributed by atoms with Crippen molar-refractivity contribution in [2.75, 3.05) is 0 Å². The molecule has 2 rings (SSSR count). The Morgan fingerprint density at radius 2 is 2.16 bits per heavy atom. The molecule has 0 aliphatic rings. The molecule has 0 aliphatic heterocycles. The van der Waals surface area contributed by atoms with Crippen LogP contribution in [0, 0.1) is 0 Å². The lowest BCUT2D eigenvalue weighted by atomic mass is 10.0. The molecular weight excluding hydrogens is 372 g/mol. The molecule has 19 heavy (non-hydrogen) atoms. The molecule has 0 fully saturated rings. The van der Waals surface area contributed by atoms with Gasteiger partial charge in [-0.2, -0.15) is 5.10 Å². The molecule has 1 aromatic carbocycles. The van der Waals surface area contributed by atoms with Crippen molar-refractivity contribution in [3.8, 4) is 0 Å². The fraction of sp³-hybridized carbons (Fsp3) is 0.308. The van der Waals surface area contributed by atoms with Gasteiger partial charge in [-0.1, -0.05) is 31.9 Å². The third kappa shape index (κ3) is 3.66. The average Bonchev–Trinajstić information content (AvgIpc) is 2.80. The zero-order valence-corrected chi connectivity index (χ0v) is 13.8. The number of hydrogen-bond donors (Lipinski definition) is 2. The summed E-state index contributed by atoms with van der Waals surface area (Å²) in [6.07, 6.45) is 3.64. The Bertz CT molecular complexity index is 553. The average molecular weight is 388 g/mol. The number of benzene rings is 1. The van der Waals surface area contributed by atoms with E-state index in [4.69, 9.17) is 5.84 Å². The van der Waals surface area contributed by atoms with E-state index in [9.17, 15) is 0 Å². The molecule has 1 aromatic heterocycles. The smallest absolute Gasteiger partial charge is 0.0492 e. The Hall–Kier alpha value is -0.690. The summed E-state index contributed by atoms with van der Waals surface area (Å²) < 4.78 is 4.00. The number of hydrogen-bond acceptors (Lipinski definition) is 3. The second kappa shape index (κ2) is 6.65. The Balaban J connectivity index is 2.12. The summed E-state index contributed by atoms with van der Waals surface area (Å²) in [5.74, 6) is 5.69. The summed E-state index contributed by atoms with van der Waals surface area (Å²) in [7, 11) is 1.95. The first-order chi connectivity index (χ1) is 9.11. The van der Waals surface area contributed by atoms with Gasteiger partial charge in [0.1, 0.15) is 0 Å². The highest BCUT2D eigenvalue weighted by atomic mass is 79.9. The van der Waals surface area contributed by atoms with Crippen molar-refractivity contribution in [3.63, 3.8) is 0 Å². The summed E-state index contributed by atoms with van der Waals surface area (Å²) in [5, 5.41) is 4.17. The molecule has 0 saturated carbocycles. The first-order valence-electron chi connectivity index (χ1n) is 5.99. The van der Waals surface area contributed by atoms with Gasteiger partial charge in [-0.25, -0.2) is 0 Å². The van der Waals surface area contributed by atoms with Crippen LogP contribution in [-0.2, 0) is 13.5 Å². The predicted octanol–water partition coefficient (Wildman–Crippen LogP) is 3.08. The van der Waals surface area contributed by atoms with E-state index in [1.54, 1.807) is 0 Å². The van der Waals surface area contributed by atoms with Crippen LogP contribution in [-0.4, -0.2) is 9.78 Å². The lowest BCUT2D eigenvalue weighted by molar-refractivity contribution is 0.505. The maximum Gasteiger partial charge on any atom is 0.0492 e. The molecule has 0 bridgehead atoms. The first-order valence-corrected chi connectivity index (χ1v) is 7.58. The molecule has 0 spiro atoms. The summed E-state index contributed by atoms with van der Waals surface area (Å²) in [6.45, 7) is 0. The molecule has 3 N–H and O–H groups in total. The number of aryl methyl sites for hydroxylation is 2. The monoisotopic (exact) mass is 386 g/mol. The van der Waals surface area contributed by atoms with Gasteiger partial charge < -0.3 is 0 Å². The molecule has 0 saturated heterocycles. The molecule has 0 amide bonds. The quantitative estimate of drug-likeness (QED) is 0.612. The van der Waals surface area contributed by atoms with E-state index in [0.29, 0.717) is 0 Å². The highest BCUT2D eigenvalue weighted by Gasteiger charge is 2.14.